The molecule has 3 aromatic rings. The third-order valence-corrected chi connectivity index (χ3v) is 4.43. The van der Waals surface area contributed by atoms with Crippen molar-refractivity contribution >= 4 is 23.0 Å². The van der Waals surface area contributed by atoms with Crippen molar-refractivity contribution in [1.29, 1.82) is 0 Å². The highest BCUT2D eigenvalue weighted by atomic mass is 16.5. The van der Waals surface area contributed by atoms with Gasteiger partial charge in [-0.1, -0.05) is 6.07 Å². The molecule has 0 unspecified atom stereocenters. The number of carbonyl (C=O) groups is 1. The van der Waals surface area contributed by atoms with Crippen LogP contribution in [0, 0.1) is 13.8 Å². The number of carbonyl (C=O) groups excluding carboxylic acids is 1. The second kappa shape index (κ2) is 8.43. The van der Waals surface area contributed by atoms with E-state index in [0.29, 0.717) is 22.9 Å². The molecular weight excluding hydrogens is 354 g/mol. The van der Waals surface area contributed by atoms with Crippen LogP contribution in [-0.4, -0.2) is 25.1 Å². The molecule has 0 radical (unpaired) electrons. The maximum absolute atomic E-state index is 12.5. The number of benzene rings is 2. The lowest BCUT2D eigenvalue weighted by Crippen LogP contribution is -2.13. The van der Waals surface area contributed by atoms with Crippen molar-refractivity contribution in [1.82, 2.24) is 4.98 Å². The second-order valence-corrected chi connectivity index (χ2v) is 6.38. The van der Waals surface area contributed by atoms with Crippen LogP contribution >= 0.6 is 0 Å². The zero-order chi connectivity index (χ0) is 20.1. The molecule has 0 aliphatic rings. The molecule has 6 nitrogen and oxygen atoms in total. The Kier molecular flexibility index (Phi) is 5.79. The van der Waals surface area contributed by atoms with Gasteiger partial charge in [0.2, 0.25) is 0 Å². The van der Waals surface area contributed by atoms with Crippen molar-refractivity contribution in [3.63, 3.8) is 0 Å². The summed E-state index contributed by atoms with van der Waals surface area (Å²) in [5.74, 6) is 0.839. The number of hydrogen-bond acceptors (Lipinski definition) is 5. The summed E-state index contributed by atoms with van der Waals surface area (Å²) in [6.45, 7) is 4.15. The lowest BCUT2D eigenvalue weighted by atomic mass is 10.1. The first-order chi connectivity index (χ1) is 13.5. The number of pyridine rings is 1. The summed E-state index contributed by atoms with van der Waals surface area (Å²) in [4.78, 5) is 16.7. The van der Waals surface area contributed by atoms with Gasteiger partial charge in [0.25, 0.3) is 5.91 Å². The van der Waals surface area contributed by atoms with Crippen LogP contribution in [0.25, 0.3) is 0 Å². The quantitative estimate of drug-likeness (QED) is 0.651. The van der Waals surface area contributed by atoms with Gasteiger partial charge in [-0.2, -0.15) is 0 Å². The van der Waals surface area contributed by atoms with E-state index in [0.717, 1.165) is 11.4 Å². The topological polar surface area (TPSA) is 72.5 Å². The Balaban J connectivity index is 1.69. The first-order valence-electron chi connectivity index (χ1n) is 8.84. The lowest BCUT2D eigenvalue weighted by molar-refractivity contribution is 0.102. The minimum Gasteiger partial charge on any atom is -0.493 e. The molecule has 0 saturated carbocycles. The molecule has 144 valence electrons. The Labute approximate surface area is 164 Å². The third-order valence-electron chi connectivity index (χ3n) is 4.43. The Morgan fingerprint density at radius 1 is 0.821 bits per heavy atom. The SMILES string of the molecule is COc1ccc(NC(=O)c2ccc(Nc3ccc(C)c(C)c3)cn2)cc1OC. The van der Waals surface area contributed by atoms with Crippen LogP contribution in [0.5, 0.6) is 11.5 Å². The first kappa shape index (κ1) is 19.2. The highest BCUT2D eigenvalue weighted by Crippen LogP contribution is 2.30. The number of methoxy groups -OCH3 is 2. The molecule has 0 aliphatic carbocycles. The zero-order valence-electron chi connectivity index (χ0n) is 16.4. The van der Waals surface area contributed by atoms with Crippen molar-refractivity contribution in [3.8, 4) is 11.5 Å². The van der Waals surface area contributed by atoms with Crippen LogP contribution < -0.4 is 20.1 Å². The van der Waals surface area contributed by atoms with E-state index in [1.807, 2.05) is 12.1 Å². The minimum absolute atomic E-state index is 0.301. The van der Waals surface area contributed by atoms with Gasteiger partial charge in [-0.15, -0.1) is 0 Å². The summed E-state index contributed by atoms with van der Waals surface area (Å²) < 4.78 is 10.5. The van der Waals surface area contributed by atoms with Crippen molar-refractivity contribution < 1.29 is 14.3 Å². The number of aromatic nitrogens is 1. The average Bonchev–Trinajstić information content (AvgIpc) is 2.71. The molecule has 0 atom stereocenters. The lowest BCUT2D eigenvalue weighted by Gasteiger charge is -2.11. The zero-order valence-corrected chi connectivity index (χ0v) is 16.4. The molecule has 0 saturated heterocycles. The van der Waals surface area contributed by atoms with E-state index in [-0.39, 0.29) is 5.91 Å². The minimum atomic E-state index is -0.301. The van der Waals surface area contributed by atoms with E-state index in [2.05, 4.69) is 41.6 Å². The molecule has 0 fully saturated rings. The number of aryl methyl sites for hydroxylation is 2. The number of ether oxygens (including phenoxy) is 2. The van der Waals surface area contributed by atoms with Crippen molar-refractivity contribution in [2.45, 2.75) is 13.8 Å². The number of amides is 1. The number of hydrogen-bond donors (Lipinski definition) is 2. The standard InChI is InChI=1S/C22H23N3O3/c1-14-5-6-16(11-15(14)2)24-18-7-9-19(23-13-18)22(26)25-17-8-10-20(27-3)21(12-17)28-4/h5-13,24H,1-4H3,(H,25,26). The predicted molar refractivity (Wildman–Crippen MR) is 111 cm³/mol. The number of nitrogens with one attached hydrogen (secondary N) is 2. The van der Waals surface area contributed by atoms with Gasteiger partial charge >= 0.3 is 0 Å². The van der Waals surface area contributed by atoms with Gasteiger partial charge in [-0.3, -0.25) is 4.79 Å². The van der Waals surface area contributed by atoms with Crippen molar-refractivity contribution in [2.75, 3.05) is 24.9 Å². The molecule has 0 aliphatic heterocycles. The molecule has 3 rings (SSSR count). The van der Waals surface area contributed by atoms with Gasteiger partial charge in [-0.25, -0.2) is 4.98 Å². The molecule has 0 bridgehead atoms. The van der Waals surface area contributed by atoms with Crippen LogP contribution in [0.4, 0.5) is 17.1 Å². The normalized spacial score (nSPS) is 10.3. The van der Waals surface area contributed by atoms with E-state index in [4.69, 9.17) is 9.47 Å². The highest BCUT2D eigenvalue weighted by Gasteiger charge is 2.10. The number of nitrogens with zero attached hydrogens (tertiary/aromatic N) is 1. The van der Waals surface area contributed by atoms with Crippen LogP contribution in [0.2, 0.25) is 0 Å². The van der Waals surface area contributed by atoms with Gasteiger partial charge in [0.05, 0.1) is 26.1 Å². The summed E-state index contributed by atoms with van der Waals surface area (Å²) in [6.07, 6.45) is 1.64. The van der Waals surface area contributed by atoms with Gasteiger partial charge in [0.1, 0.15) is 5.69 Å². The van der Waals surface area contributed by atoms with Gasteiger partial charge < -0.3 is 20.1 Å². The van der Waals surface area contributed by atoms with E-state index < -0.39 is 0 Å². The fourth-order valence-electron chi connectivity index (χ4n) is 2.70. The second-order valence-electron chi connectivity index (χ2n) is 6.38. The summed E-state index contributed by atoms with van der Waals surface area (Å²) in [5.41, 5.74) is 5.16. The Hall–Kier alpha value is -3.54. The average molecular weight is 377 g/mol. The Morgan fingerprint density at radius 3 is 2.18 bits per heavy atom. The van der Waals surface area contributed by atoms with Crippen LogP contribution in [0.15, 0.2) is 54.7 Å². The molecule has 1 aromatic heterocycles. The number of rotatable bonds is 6. The Morgan fingerprint density at radius 2 is 1.54 bits per heavy atom. The monoisotopic (exact) mass is 377 g/mol. The van der Waals surface area contributed by atoms with E-state index in [1.165, 1.54) is 11.1 Å². The van der Waals surface area contributed by atoms with Crippen LogP contribution in [-0.2, 0) is 0 Å². The molecule has 1 heterocycles. The maximum Gasteiger partial charge on any atom is 0.274 e. The maximum atomic E-state index is 12.5. The molecule has 6 heteroatoms. The fraction of sp³-hybridized carbons (Fsp3) is 0.182. The predicted octanol–water partition coefficient (Wildman–Crippen LogP) is 4.71. The van der Waals surface area contributed by atoms with E-state index in [9.17, 15) is 4.79 Å². The molecule has 2 N–H and O–H groups in total. The molecule has 1 amide bonds. The third kappa shape index (κ3) is 4.40. The van der Waals surface area contributed by atoms with E-state index >= 15 is 0 Å². The van der Waals surface area contributed by atoms with Crippen molar-refractivity contribution in [3.05, 3.63) is 71.5 Å². The number of anilines is 3. The van der Waals surface area contributed by atoms with Gasteiger partial charge in [-0.05, 0) is 61.4 Å². The summed E-state index contributed by atoms with van der Waals surface area (Å²) >= 11 is 0. The summed E-state index contributed by atoms with van der Waals surface area (Å²) in [5, 5.41) is 6.10. The largest absolute Gasteiger partial charge is 0.493 e. The van der Waals surface area contributed by atoms with Crippen molar-refractivity contribution in [2.24, 2.45) is 0 Å². The van der Waals surface area contributed by atoms with Crippen LogP contribution in [0.1, 0.15) is 21.6 Å². The Bertz CT molecular complexity index is 985. The molecule has 2 aromatic carbocycles. The van der Waals surface area contributed by atoms with Gasteiger partial charge in [0.15, 0.2) is 11.5 Å². The van der Waals surface area contributed by atoms with Gasteiger partial charge in [0, 0.05) is 17.4 Å². The first-order valence-corrected chi connectivity index (χ1v) is 8.84. The van der Waals surface area contributed by atoms with E-state index in [1.54, 1.807) is 44.7 Å². The molecule has 28 heavy (non-hydrogen) atoms. The fourth-order valence-corrected chi connectivity index (χ4v) is 2.70. The summed E-state index contributed by atoms with van der Waals surface area (Å²) in [6, 6.07) is 14.8. The smallest absolute Gasteiger partial charge is 0.274 e. The summed E-state index contributed by atoms with van der Waals surface area (Å²) in [7, 11) is 3.11. The van der Waals surface area contributed by atoms with Crippen LogP contribution in [0.3, 0.4) is 0 Å². The molecule has 0 spiro atoms. The molecular formula is C22H23N3O3. The highest BCUT2D eigenvalue weighted by molar-refractivity contribution is 6.03.